The molecule has 1 saturated heterocycles. The Kier molecular flexibility index (Phi) is 5.59. The number of anilines is 1. The first-order valence-electron chi connectivity index (χ1n) is 8.93. The second-order valence-electron chi connectivity index (χ2n) is 6.53. The third-order valence-electron chi connectivity index (χ3n) is 4.90. The highest BCUT2D eigenvalue weighted by atomic mass is 16.5. The van der Waals surface area contributed by atoms with Gasteiger partial charge in [-0.1, -0.05) is 12.1 Å². The van der Waals surface area contributed by atoms with E-state index in [-0.39, 0.29) is 11.8 Å². The monoisotopic (exact) mass is 368 g/mol. The quantitative estimate of drug-likeness (QED) is 0.842. The molecule has 1 aliphatic rings. The number of benzene rings is 1. The molecule has 0 saturated carbocycles. The normalized spacial score (nSPS) is 15.7. The van der Waals surface area contributed by atoms with Crippen molar-refractivity contribution in [2.45, 2.75) is 18.4 Å². The maximum atomic E-state index is 12.7. The molecule has 1 aromatic carbocycles. The smallest absolute Gasteiger partial charge is 0.272 e. The zero-order valence-corrected chi connectivity index (χ0v) is 15.6. The molecule has 142 valence electrons. The fourth-order valence-corrected chi connectivity index (χ4v) is 3.37. The van der Waals surface area contributed by atoms with Crippen molar-refractivity contribution in [2.75, 3.05) is 32.6 Å². The molecule has 7 heteroatoms. The number of aromatic nitrogens is 1. The number of likely N-dealkylation sites (tertiary alicyclic amines) is 1. The summed E-state index contributed by atoms with van der Waals surface area (Å²) in [4.78, 5) is 31.2. The minimum Gasteiger partial charge on any atom is -0.497 e. The molecule has 0 atom stereocenters. The van der Waals surface area contributed by atoms with Crippen LogP contribution in [0, 0.1) is 0 Å². The van der Waals surface area contributed by atoms with Gasteiger partial charge in [0.05, 0.1) is 7.11 Å². The standard InChI is InChI=1S/C20H24N4O3/c1-21-19(26)20(23-15-6-5-7-16(14-15)27-2)9-12-24(13-10-20)18(25)17-8-3-4-11-22-17/h3-8,11,14,23H,9-10,12-13H2,1-2H3,(H,21,26). The molecule has 2 amide bonds. The highest BCUT2D eigenvalue weighted by molar-refractivity contribution is 5.93. The lowest BCUT2D eigenvalue weighted by Crippen LogP contribution is -2.58. The van der Waals surface area contributed by atoms with Gasteiger partial charge in [0.25, 0.3) is 5.91 Å². The van der Waals surface area contributed by atoms with E-state index in [0.717, 1.165) is 11.4 Å². The molecule has 1 aliphatic heterocycles. The van der Waals surface area contributed by atoms with Gasteiger partial charge in [0.1, 0.15) is 17.0 Å². The number of likely N-dealkylation sites (N-methyl/N-ethyl adjacent to an activating group) is 1. The van der Waals surface area contributed by atoms with Gasteiger partial charge in [0, 0.05) is 38.1 Å². The Bertz CT molecular complexity index is 802. The number of pyridine rings is 1. The number of hydrogen-bond donors (Lipinski definition) is 2. The van der Waals surface area contributed by atoms with Crippen molar-refractivity contribution in [2.24, 2.45) is 0 Å². The average Bonchev–Trinajstić information content (AvgIpc) is 2.74. The summed E-state index contributed by atoms with van der Waals surface area (Å²) in [6.45, 7) is 0.944. The van der Waals surface area contributed by atoms with E-state index in [4.69, 9.17) is 4.74 Å². The van der Waals surface area contributed by atoms with E-state index < -0.39 is 5.54 Å². The fraction of sp³-hybridized carbons (Fsp3) is 0.350. The molecule has 7 nitrogen and oxygen atoms in total. The molecule has 27 heavy (non-hydrogen) atoms. The Balaban J connectivity index is 1.75. The lowest BCUT2D eigenvalue weighted by molar-refractivity contribution is -0.126. The van der Waals surface area contributed by atoms with Crippen LogP contribution in [0.4, 0.5) is 5.69 Å². The molecule has 0 spiro atoms. The highest BCUT2D eigenvalue weighted by Gasteiger charge is 2.42. The van der Waals surface area contributed by atoms with E-state index in [9.17, 15) is 9.59 Å². The maximum absolute atomic E-state index is 12.7. The van der Waals surface area contributed by atoms with E-state index in [1.807, 2.05) is 24.3 Å². The summed E-state index contributed by atoms with van der Waals surface area (Å²) < 4.78 is 5.26. The molecule has 0 unspecified atom stereocenters. The zero-order valence-electron chi connectivity index (χ0n) is 15.6. The first-order chi connectivity index (χ1) is 13.1. The molecule has 1 fully saturated rings. The second-order valence-corrected chi connectivity index (χ2v) is 6.53. The van der Waals surface area contributed by atoms with Crippen LogP contribution < -0.4 is 15.4 Å². The lowest BCUT2D eigenvalue weighted by Gasteiger charge is -2.41. The first-order valence-corrected chi connectivity index (χ1v) is 8.93. The van der Waals surface area contributed by atoms with Gasteiger partial charge in [-0.3, -0.25) is 14.6 Å². The molecular formula is C20H24N4O3. The van der Waals surface area contributed by atoms with Crippen LogP contribution in [0.2, 0.25) is 0 Å². The number of amides is 2. The van der Waals surface area contributed by atoms with E-state index in [1.54, 1.807) is 43.5 Å². The molecule has 0 radical (unpaired) electrons. The largest absolute Gasteiger partial charge is 0.497 e. The van der Waals surface area contributed by atoms with Gasteiger partial charge in [-0.15, -0.1) is 0 Å². The number of carbonyl (C=O) groups is 2. The minimum atomic E-state index is -0.776. The van der Waals surface area contributed by atoms with Crippen LogP contribution in [0.1, 0.15) is 23.3 Å². The number of ether oxygens (including phenoxy) is 1. The number of nitrogens with zero attached hydrogens (tertiary/aromatic N) is 2. The number of piperidine rings is 1. The Labute approximate surface area is 158 Å². The van der Waals surface area contributed by atoms with Crippen molar-refractivity contribution in [3.8, 4) is 5.75 Å². The number of nitrogens with one attached hydrogen (secondary N) is 2. The van der Waals surface area contributed by atoms with Gasteiger partial charge < -0.3 is 20.3 Å². The van der Waals surface area contributed by atoms with Gasteiger partial charge in [-0.25, -0.2) is 0 Å². The molecule has 3 rings (SSSR count). The SMILES string of the molecule is CNC(=O)C1(Nc2cccc(OC)c2)CCN(C(=O)c2ccccn2)CC1. The van der Waals surface area contributed by atoms with Gasteiger partial charge in [-0.05, 0) is 37.1 Å². The van der Waals surface area contributed by atoms with E-state index in [2.05, 4.69) is 15.6 Å². The zero-order chi connectivity index (χ0) is 19.3. The average molecular weight is 368 g/mol. The van der Waals surface area contributed by atoms with Gasteiger partial charge >= 0.3 is 0 Å². The van der Waals surface area contributed by atoms with Gasteiger partial charge in [0.2, 0.25) is 5.91 Å². The van der Waals surface area contributed by atoms with E-state index in [0.29, 0.717) is 31.6 Å². The number of carbonyl (C=O) groups excluding carboxylic acids is 2. The second kappa shape index (κ2) is 8.07. The van der Waals surface area contributed by atoms with Gasteiger partial charge in [0.15, 0.2) is 0 Å². The molecule has 0 bridgehead atoms. The summed E-state index contributed by atoms with van der Waals surface area (Å²) in [5.74, 6) is 0.521. The molecule has 0 aliphatic carbocycles. The lowest BCUT2D eigenvalue weighted by atomic mass is 9.85. The number of methoxy groups -OCH3 is 1. The van der Waals surface area contributed by atoms with Crippen LogP contribution in [0.25, 0.3) is 0 Å². The summed E-state index contributed by atoms with van der Waals surface area (Å²) in [7, 11) is 3.23. The predicted octanol–water partition coefficient (Wildman–Crippen LogP) is 1.92. The Morgan fingerprint density at radius 1 is 1.15 bits per heavy atom. The molecular weight excluding hydrogens is 344 g/mol. The van der Waals surface area contributed by atoms with Crippen molar-refractivity contribution in [3.05, 3.63) is 54.4 Å². The predicted molar refractivity (Wildman–Crippen MR) is 103 cm³/mol. The van der Waals surface area contributed by atoms with Crippen molar-refractivity contribution < 1.29 is 14.3 Å². The minimum absolute atomic E-state index is 0.0877. The van der Waals surface area contributed by atoms with Crippen LogP contribution in [0.15, 0.2) is 48.7 Å². The summed E-state index contributed by atoms with van der Waals surface area (Å²) in [5.41, 5.74) is 0.454. The molecule has 2 heterocycles. The van der Waals surface area contributed by atoms with E-state index in [1.165, 1.54) is 0 Å². The summed E-state index contributed by atoms with van der Waals surface area (Å²) in [6, 6.07) is 12.8. The Morgan fingerprint density at radius 2 is 1.93 bits per heavy atom. The van der Waals surface area contributed by atoms with Gasteiger partial charge in [-0.2, -0.15) is 0 Å². The van der Waals surface area contributed by atoms with Crippen molar-refractivity contribution in [1.29, 1.82) is 0 Å². The first kappa shape index (κ1) is 18.7. The van der Waals surface area contributed by atoms with Crippen LogP contribution >= 0.6 is 0 Å². The Morgan fingerprint density at radius 3 is 2.56 bits per heavy atom. The van der Waals surface area contributed by atoms with Crippen LogP contribution in [0.3, 0.4) is 0 Å². The fourth-order valence-electron chi connectivity index (χ4n) is 3.37. The van der Waals surface area contributed by atoms with Crippen LogP contribution in [0.5, 0.6) is 5.75 Å². The molecule has 2 aromatic rings. The summed E-state index contributed by atoms with van der Waals surface area (Å²) >= 11 is 0. The van der Waals surface area contributed by atoms with Crippen molar-refractivity contribution in [1.82, 2.24) is 15.2 Å². The van der Waals surface area contributed by atoms with Crippen molar-refractivity contribution in [3.63, 3.8) is 0 Å². The number of rotatable bonds is 5. The maximum Gasteiger partial charge on any atom is 0.272 e. The summed E-state index contributed by atoms with van der Waals surface area (Å²) in [6.07, 6.45) is 2.61. The van der Waals surface area contributed by atoms with Crippen LogP contribution in [-0.4, -0.2) is 54.5 Å². The van der Waals surface area contributed by atoms with Crippen LogP contribution in [-0.2, 0) is 4.79 Å². The summed E-state index contributed by atoms with van der Waals surface area (Å²) in [5, 5.41) is 6.13. The molecule has 2 N–H and O–H groups in total. The van der Waals surface area contributed by atoms with Crippen molar-refractivity contribution >= 4 is 17.5 Å². The molecule has 1 aromatic heterocycles. The number of hydrogen-bond acceptors (Lipinski definition) is 5. The topological polar surface area (TPSA) is 83.6 Å². The highest BCUT2D eigenvalue weighted by Crippen LogP contribution is 2.29. The third kappa shape index (κ3) is 4.02. The van der Waals surface area contributed by atoms with E-state index >= 15 is 0 Å². The Hall–Kier alpha value is -3.09. The third-order valence-corrected chi connectivity index (χ3v) is 4.90.